The van der Waals surface area contributed by atoms with Crippen LogP contribution >= 0.6 is 11.8 Å². The minimum atomic E-state index is -1.47. The van der Waals surface area contributed by atoms with Crippen molar-refractivity contribution in [2.45, 2.75) is 5.44 Å². The zero-order chi connectivity index (χ0) is 7.28. The largest absolute Gasteiger partial charge is 0.479 e. The SMILES string of the molecule is N#CCSC(O)C(=O)O. The molecule has 0 saturated carbocycles. The summed E-state index contributed by atoms with van der Waals surface area (Å²) in [5.41, 5.74) is -1.47. The molecule has 2 N–H and O–H groups in total. The first kappa shape index (κ1) is 8.27. The van der Waals surface area contributed by atoms with Gasteiger partial charge in [0, 0.05) is 0 Å². The van der Waals surface area contributed by atoms with Crippen molar-refractivity contribution < 1.29 is 15.0 Å². The van der Waals surface area contributed by atoms with Gasteiger partial charge >= 0.3 is 5.97 Å². The molecule has 0 bridgehead atoms. The average molecular weight is 147 g/mol. The Morgan fingerprint density at radius 3 is 2.78 bits per heavy atom. The van der Waals surface area contributed by atoms with Crippen molar-refractivity contribution in [3.63, 3.8) is 0 Å². The van der Waals surface area contributed by atoms with E-state index in [0.29, 0.717) is 11.8 Å². The van der Waals surface area contributed by atoms with Crippen LogP contribution in [0, 0.1) is 11.3 Å². The number of hydrogen-bond donors (Lipinski definition) is 2. The van der Waals surface area contributed by atoms with Gasteiger partial charge in [-0.3, -0.25) is 0 Å². The van der Waals surface area contributed by atoms with Crippen LogP contribution in [0.3, 0.4) is 0 Å². The topological polar surface area (TPSA) is 81.3 Å². The Morgan fingerprint density at radius 1 is 1.89 bits per heavy atom. The molecule has 0 radical (unpaired) electrons. The first-order valence-electron chi connectivity index (χ1n) is 2.08. The van der Waals surface area contributed by atoms with Gasteiger partial charge in [-0.1, -0.05) is 0 Å². The fourth-order valence-corrected chi connectivity index (χ4v) is 0.562. The molecule has 0 spiro atoms. The van der Waals surface area contributed by atoms with Gasteiger partial charge in [0.15, 0.2) is 5.44 Å². The van der Waals surface area contributed by atoms with Crippen LogP contribution in [0.25, 0.3) is 0 Å². The lowest BCUT2D eigenvalue weighted by molar-refractivity contribution is -0.141. The maximum Gasteiger partial charge on any atom is 0.343 e. The van der Waals surface area contributed by atoms with Gasteiger partial charge in [-0.2, -0.15) is 5.26 Å². The standard InChI is InChI=1S/C4H5NO3S/c5-1-2-9-4(8)3(6)7/h4,8H,2H2,(H,6,7). The van der Waals surface area contributed by atoms with Crippen molar-refractivity contribution >= 4 is 17.7 Å². The number of thioether (sulfide) groups is 1. The predicted molar refractivity (Wildman–Crippen MR) is 31.7 cm³/mol. The summed E-state index contributed by atoms with van der Waals surface area (Å²) >= 11 is 0.679. The summed E-state index contributed by atoms with van der Waals surface area (Å²) in [6.07, 6.45) is 0. The molecule has 0 saturated heterocycles. The molecule has 0 amide bonds. The van der Waals surface area contributed by atoms with Crippen LogP contribution in [-0.2, 0) is 4.79 Å². The van der Waals surface area contributed by atoms with Gasteiger partial charge in [-0.05, 0) is 0 Å². The number of rotatable bonds is 3. The maximum absolute atomic E-state index is 9.82. The van der Waals surface area contributed by atoms with Crippen LogP contribution in [0.1, 0.15) is 0 Å². The van der Waals surface area contributed by atoms with Crippen molar-refractivity contribution in [1.29, 1.82) is 5.26 Å². The van der Waals surface area contributed by atoms with Crippen molar-refractivity contribution in [3.8, 4) is 6.07 Å². The van der Waals surface area contributed by atoms with Gasteiger partial charge in [0.25, 0.3) is 0 Å². The van der Waals surface area contributed by atoms with E-state index in [1.165, 1.54) is 0 Å². The number of aliphatic hydroxyl groups is 1. The number of carbonyl (C=O) groups is 1. The smallest absolute Gasteiger partial charge is 0.343 e. The third-order valence-corrected chi connectivity index (χ3v) is 1.33. The fourth-order valence-electron chi connectivity index (χ4n) is 0.187. The molecule has 0 aliphatic carbocycles. The van der Waals surface area contributed by atoms with Gasteiger partial charge in [0.05, 0.1) is 11.8 Å². The molecule has 50 valence electrons. The zero-order valence-electron chi connectivity index (χ0n) is 4.44. The van der Waals surface area contributed by atoms with Gasteiger partial charge in [-0.15, -0.1) is 11.8 Å². The normalized spacial score (nSPS) is 12.0. The van der Waals surface area contributed by atoms with Gasteiger partial charge in [-0.25, -0.2) is 4.79 Å². The maximum atomic E-state index is 9.82. The molecule has 0 fully saturated rings. The molecule has 0 aromatic rings. The summed E-state index contributed by atoms with van der Waals surface area (Å²) in [4.78, 5) is 9.82. The third kappa shape index (κ3) is 3.82. The quantitative estimate of drug-likeness (QED) is 0.533. The highest BCUT2D eigenvalue weighted by molar-refractivity contribution is 8.00. The summed E-state index contributed by atoms with van der Waals surface area (Å²) in [7, 11) is 0. The van der Waals surface area contributed by atoms with Crippen molar-refractivity contribution in [2.75, 3.05) is 5.75 Å². The highest BCUT2D eigenvalue weighted by Gasteiger charge is 2.11. The first-order chi connectivity index (χ1) is 4.18. The summed E-state index contributed by atoms with van der Waals surface area (Å²) < 4.78 is 0. The van der Waals surface area contributed by atoms with E-state index < -0.39 is 11.4 Å². The molecular formula is C4H5NO3S. The van der Waals surface area contributed by atoms with Gasteiger partial charge in [0.2, 0.25) is 0 Å². The summed E-state index contributed by atoms with van der Waals surface area (Å²) in [5.74, 6) is -1.32. The van der Waals surface area contributed by atoms with Crippen molar-refractivity contribution in [2.24, 2.45) is 0 Å². The minimum absolute atomic E-state index is 0.00648. The molecule has 0 aliphatic heterocycles. The summed E-state index contributed by atoms with van der Waals surface area (Å²) in [6.45, 7) is 0. The number of aliphatic hydroxyl groups excluding tert-OH is 1. The van der Waals surface area contributed by atoms with Crippen molar-refractivity contribution in [3.05, 3.63) is 0 Å². The number of carboxylic acids is 1. The zero-order valence-corrected chi connectivity index (χ0v) is 5.26. The monoisotopic (exact) mass is 147 g/mol. The van der Waals surface area contributed by atoms with E-state index in [0.717, 1.165) is 0 Å². The Morgan fingerprint density at radius 2 is 2.44 bits per heavy atom. The molecule has 5 heteroatoms. The second-order valence-corrected chi connectivity index (χ2v) is 2.23. The average Bonchev–Trinajstić information content (AvgIpc) is 1.82. The first-order valence-corrected chi connectivity index (χ1v) is 3.12. The van der Waals surface area contributed by atoms with Crippen LogP contribution in [0.2, 0.25) is 0 Å². The number of aliphatic carboxylic acids is 1. The summed E-state index contributed by atoms with van der Waals surface area (Å²) in [6, 6.07) is 1.69. The molecule has 0 aromatic carbocycles. The lowest BCUT2D eigenvalue weighted by Gasteiger charge is -1.98. The van der Waals surface area contributed by atoms with E-state index >= 15 is 0 Å². The molecule has 0 aliphatic rings. The Hall–Kier alpha value is -0.730. The Labute approximate surface area is 56.1 Å². The van der Waals surface area contributed by atoms with E-state index in [9.17, 15) is 4.79 Å². The molecule has 0 heterocycles. The van der Waals surface area contributed by atoms with Crippen LogP contribution < -0.4 is 0 Å². The Bertz CT molecular complexity index is 141. The number of hydrogen-bond acceptors (Lipinski definition) is 4. The fraction of sp³-hybridized carbons (Fsp3) is 0.500. The van der Waals surface area contributed by atoms with E-state index in [2.05, 4.69) is 0 Å². The van der Waals surface area contributed by atoms with Gasteiger partial charge in [0.1, 0.15) is 0 Å². The lowest BCUT2D eigenvalue weighted by Crippen LogP contribution is -2.15. The third-order valence-electron chi connectivity index (χ3n) is 0.517. The van der Waals surface area contributed by atoms with Gasteiger partial charge < -0.3 is 10.2 Å². The molecule has 4 nitrogen and oxygen atoms in total. The van der Waals surface area contributed by atoms with Crippen molar-refractivity contribution in [1.82, 2.24) is 0 Å². The molecule has 1 unspecified atom stereocenters. The highest BCUT2D eigenvalue weighted by Crippen LogP contribution is 2.05. The molecule has 1 atom stereocenters. The van der Waals surface area contributed by atoms with Crippen LogP contribution in [0.5, 0.6) is 0 Å². The number of nitrogens with zero attached hydrogens (tertiary/aromatic N) is 1. The Kier molecular flexibility index (Phi) is 3.84. The molecule has 9 heavy (non-hydrogen) atoms. The Balaban J connectivity index is 3.41. The second kappa shape index (κ2) is 4.18. The highest BCUT2D eigenvalue weighted by atomic mass is 32.2. The van der Waals surface area contributed by atoms with E-state index in [1.807, 2.05) is 0 Å². The van der Waals surface area contributed by atoms with Crippen LogP contribution in [0.4, 0.5) is 0 Å². The minimum Gasteiger partial charge on any atom is -0.479 e. The van der Waals surface area contributed by atoms with Crippen LogP contribution in [-0.4, -0.2) is 27.4 Å². The second-order valence-electron chi connectivity index (χ2n) is 1.16. The molecule has 0 aromatic heterocycles. The van der Waals surface area contributed by atoms with Crippen LogP contribution in [0.15, 0.2) is 0 Å². The molecular weight excluding hydrogens is 142 g/mol. The lowest BCUT2D eigenvalue weighted by atomic mass is 10.7. The van der Waals surface area contributed by atoms with E-state index in [4.69, 9.17) is 15.5 Å². The van der Waals surface area contributed by atoms with E-state index in [1.54, 1.807) is 6.07 Å². The number of nitriles is 1. The predicted octanol–water partition coefficient (Wildman–Crippen LogP) is -0.354. The van der Waals surface area contributed by atoms with E-state index in [-0.39, 0.29) is 5.75 Å². The molecule has 0 rings (SSSR count). The number of carboxylic acid groups (broad SMARTS) is 1. The summed E-state index contributed by atoms with van der Waals surface area (Å²) in [5, 5.41) is 24.4.